The van der Waals surface area contributed by atoms with Gasteiger partial charge in [-0.3, -0.25) is 0 Å². The SMILES string of the molecule is C=C/C(Cl)=C(/CNC)C(=C)Cl. The zero-order chi connectivity index (χ0) is 8.85. The van der Waals surface area contributed by atoms with Crippen molar-refractivity contribution in [2.75, 3.05) is 13.6 Å². The number of nitrogens with one attached hydrogen (secondary N) is 1. The van der Waals surface area contributed by atoms with E-state index in [0.29, 0.717) is 16.6 Å². The highest BCUT2D eigenvalue weighted by atomic mass is 35.5. The monoisotopic (exact) mass is 191 g/mol. The molecular formula is C8H11Cl2N. The fourth-order valence-corrected chi connectivity index (χ4v) is 1.01. The number of hydrogen-bond acceptors (Lipinski definition) is 1. The van der Waals surface area contributed by atoms with Gasteiger partial charge in [-0.05, 0) is 7.05 Å². The third-order valence-electron chi connectivity index (χ3n) is 1.15. The number of allylic oxidation sites excluding steroid dienone is 2. The standard InChI is InChI=1S/C8H11Cl2N/c1-4-8(10)7(5-11-3)6(2)9/h4,11H,1-2,5H2,3H3/b8-7+. The second-order valence-corrected chi connectivity index (χ2v) is 2.83. The van der Waals surface area contributed by atoms with Gasteiger partial charge in [0.1, 0.15) is 0 Å². The molecule has 0 amide bonds. The smallest absolute Gasteiger partial charge is 0.0459 e. The predicted octanol–water partition coefficient (Wildman–Crippen LogP) is 2.64. The molecule has 62 valence electrons. The highest BCUT2D eigenvalue weighted by molar-refractivity contribution is 6.36. The number of likely N-dealkylation sites (N-methyl/N-ethyl adjacent to an activating group) is 1. The molecule has 0 unspecified atom stereocenters. The second-order valence-electron chi connectivity index (χ2n) is 1.97. The second kappa shape index (κ2) is 5.42. The molecule has 0 spiro atoms. The molecule has 0 aliphatic heterocycles. The van der Waals surface area contributed by atoms with E-state index in [0.717, 1.165) is 5.57 Å². The van der Waals surface area contributed by atoms with Crippen LogP contribution in [0.1, 0.15) is 0 Å². The highest BCUT2D eigenvalue weighted by Crippen LogP contribution is 2.19. The molecule has 3 heteroatoms. The van der Waals surface area contributed by atoms with Gasteiger partial charge in [-0.15, -0.1) is 0 Å². The Bertz CT molecular complexity index is 194. The van der Waals surface area contributed by atoms with Gasteiger partial charge in [0.15, 0.2) is 0 Å². The summed E-state index contributed by atoms with van der Waals surface area (Å²) in [6.07, 6.45) is 1.54. The van der Waals surface area contributed by atoms with Crippen molar-refractivity contribution in [2.24, 2.45) is 0 Å². The molecule has 0 aliphatic carbocycles. The number of hydrogen-bond donors (Lipinski definition) is 1. The van der Waals surface area contributed by atoms with Crippen LogP contribution in [0.4, 0.5) is 0 Å². The summed E-state index contributed by atoms with van der Waals surface area (Å²) < 4.78 is 0. The number of rotatable bonds is 4. The van der Waals surface area contributed by atoms with E-state index < -0.39 is 0 Å². The Balaban J connectivity index is 4.56. The van der Waals surface area contributed by atoms with Crippen LogP contribution in [0.5, 0.6) is 0 Å². The summed E-state index contributed by atoms with van der Waals surface area (Å²) in [5.74, 6) is 0. The van der Waals surface area contributed by atoms with Crippen molar-refractivity contribution >= 4 is 23.2 Å². The van der Waals surface area contributed by atoms with Crippen molar-refractivity contribution in [3.63, 3.8) is 0 Å². The predicted molar refractivity (Wildman–Crippen MR) is 52.0 cm³/mol. The Morgan fingerprint density at radius 1 is 1.55 bits per heavy atom. The Kier molecular flexibility index (Phi) is 5.30. The molecule has 0 fully saturated rings. The van der Waals surface area contributed by atoms with Gasteiger partial charge in [-0.2, -0.15) is 0 Å². The van der Waals surface area contributed by atoms with Crippen LogP contribution in [-0.2, 0) is 0 Å². The summed E-state index contributed by atoms with van der Waals surface area (Å²) >= 11 is 11.5. The molecule has 0 rings (SSSR count). The molecule has 0 saturated heterocycles. The van der Waals surface area contributed by atoms with Crippen molar-refractivity contribution in [1.29, 1.82) is 0 Å². The van der Waals surface area contributed by atoms with Crippen LogP contribution >= 0.6 is 23.2 Å². The van der Waals surface area contributed by atoms with Gasteiger partial charge < -0.3 is 5.32 Å². The maximum Gasteiger partial charge on any atom is 0.0459 e. The fourth-order valence-electron chi connectivity index (χ4n) is 0.610. The van der Waals surface area contributed by atoms with Gasteiger partial charge >= 0.3 is 0 Å². The Labute approximate surface area is 77.4 Å². The van der Waals surface area contributed by atoms with Crippen molar-refractivity contribution in [3.8, 4) is 0 Å². The van der Waals surface area contributed by atoms with Crippen molar-refractivity contribution < 1.29 is 0 Å². The van der Waals surface area contributed by atoms with E-state index in [1.165, 1.54) is 0 Å². The minimum absolute atomic E-state index is 0.448. The third-order valence-corrected chi connectivity index (χ3v) is 1.76. The van der Waals surface area contributed by atoms with E-state index in [1.54, 1.807) is 6.08 Å². The summed E-state index contributed by atoms with van der Waals surface area (Å²) in [6.45, 7) is 7.71. The molecule has 0 aromatic carbocycles. The van der Waals surface area contributed by atoms with Crippen molar-refractivity contribution in [1.82, 2.24) is 5.32 Å². The number of halogens is 2. The van der Waals surface area contributed by atoms with Crippen molar-refractivity contribution in [2.45, 2.75) is 0 Å². The molecule has 0 atom stereocenters. The zero-order valence-electron chi connectivity index (χ0n) is 6.45. The van der Waals surface area contributed by atoms with E-state index >= 15 is 0 Å². The van der Waals surface area contributed by atoms with E-state index in [9.17, 15) is 0 Å². The maximum absolute atomic E-state index is 5.78. The molecular weight excluding hydrogens is 181 g/mol. The maximum atomic E-state index is 5.78. The van der Waals surface area contributed by atoms with Gasteiger partial charge in [0, 0.05) is 22.2 Å². The van der Waals surface area contributed by atoms with E-state index in [-0.39, 0.29) is 0 Å². The topological polar surface area (TPSA) is 12.0 Å². The van der Waals surface area contributed by atoms with Gasteiger partial charge in [-0.25, -0.2) is 0 Å². The van der Waals surface area contributed by atoms with E-state index in [4.69, 9.17) is 23.2 Å². The zero-order valence-corrected chi connectivity index (χ0v) is 7.97. The van der Waals surface area contributed by atoms with Crippen LogP contribution in [0.3, 0.4) is 0 Å². The van der Waals surface area contributed by atoms with Gasteiger partial charge in [0.05, 0.1) is 0 Å². The lowest BCUT2D eigenvalue weighted by Gasteiger charge is -2.04. The van der Waals surface area contributed by atoms with Crippen LogP contribution in [-0.4, -0.2) is 13.6 Å². The van der Waals surface area contributed by atoms with Crippen molar-refractivity contribution in [3.05, 3.63) is 34.9 Å². The van der Waals surface area contributed by atoms with Gasteiger partial charge in [0.25, 0.3) is 0 Å². The summed E-state index contributed by atoms with van der Waals surface area (Å²) in [4.78, 5) is 0. The molecule has 0 radical (unpaired) electrons. The average molecular weight is 192 g/mol. The minimum atomic E-state index is 0.448. The van der Waals surface area contributed by atoms with Crippen LogP contribution in [0, 0.1) is 0 Å². The Morgan fingerprint density at radius 2 is 2.09 bits per heavy atom. The van der Waals surface area contributed by atoms with Crippen LogP contribution in [0.15, 0.2) is 34.9 Å². The lowest BCUT2D eigenvalue weighted by Crippen LogP contribution is -2.11. The van der Waals surface area contributed by atoms with Crippen LogP contribution < -0.4 is 5.32 Å². The van der Waals surface area contributed by atoms with Crippen LogP contribution in [0.25, 0.3) is 0 Å². The fraction of sp³-hybridized carbons (Fsp3) is 0.250. The molecule has 11 heavy (non-hydrogen) atoms. The first-order chi connectivity index (χ1) is 5.13. The first kappa shape index (κ1) is 10.8. The Hall–Kier alpha value is -0.240. The third kappa shape index (κ3) is 3.61. The lowest BCUT2D eigenvalue weighted by molar-refractivity contribution is 0.892. The first-order valence-corrected chi connectivity index (χ1v) is 3.89. The molecule has 0 aliphatic rings. The van der Waals surface area contributed by atoms with E-state index in [1.807, 2.05) is 7.05 Å². The molecule has 0 heterocycles. The van der Waals surface area contributed by atoms with Gasteiger partial charge in [-0.1, -0.05) is 42.4 Å². The molecule has 0 saturated carbocycles. The van der Waals surface area contributed by atoms with Gasteiger partial charge in [0.2, 0.25) is 0 Å². The van der Waals surface area contributed by atoms with Crippen LogP contribution in [0.2, 0.25) is 0 Å². The summed E-state index contributed by atoms with van der Waals surface area (Å²) in [5, 5.41) is 3.92. The molecule has 0 bridgehead atoms. The highest BCUT2D eigenvalue weighted by Gasteiger charge is 2.02. The quantitative estimate of drug-likeness (QED) is 0.675. The summed E-state index contributed by atoms with van der Waals surface area (Å²) in [5.41, 5.74) is 0.783. The molecule has 0 aromatic rings. The normalized spacial score (nSPS) is 12.3. The minimum Gasteiger partial charge on any atom is -0.316 e. The average Bonchev–Trinajstić information content (AvgIpc) is 1.98. The van der Waals surface area contributed by atoms with E-state index in [2.05, 4.69) is 18.5 Å². The molecule has 1 N–H and O–H groups in total. The summed E-state index contributed by atoms with van der Waals surface area (Å²) in [6, 6.07) is 0. The molecule has 0 aromatic heterocycles. The molecule has 1 nitrogen and oxygen atoms in total. The lowest BCUT2D eigenvalue weighted by atomic mass is 10.2. The largest absolute Gasteiger partial charge is 0.316 e. The summed E-state index contributed by atoms with van der Waals surface area (Å²) in [7, 11) is 1.81. The first-order valence-electron chi connectivity index (χ1n) is 3.14. The Morgan fingerprint density at radius 3 is 2.36 bits per heavy atom.